The number of nitrogens with one attached hydrogen (secondary N) is 1. The van der Waals surface area contributed by atoms with Gasteiger partial charge in [-0.3, -0.25) is 4.68 Å². The van der Waals surface area contributed by atoms with Crippen LogP contribution in [0.5, 0.6) is 5.75 Å². The Balaban J connectivity index is 0.00000256. The van der Waals surface area contributed by atoms with Gasteiger partial charge in [-0.15, -0.1) is 22.6 Å². The van der Waals surface area contributed by atoms with E-state index in [0.29, 0.717) is 23.2 Å². The smallest absolute Gasteiger partial charge is 0.245 e. The van der Waals surface area contributed by atoms with Crippen LogP contribution in [0.15, 0.2) is 36.8 Å². The number of hydrogen-bond donors (Lipinski definition) is 2. The first-order valence-electron chi connectivity index (χ1n) is 9.83. The fourth-order valence-electron chi connectivity index (χ4n) is 3.71. The molecule has 1 aliphatic heterocycles. The lowest BCUT2D eigenvalue weighted by Crippen LogP contribution is -2.45. The van der Waals surface area contributed by atoms with Crippen molar-refractivity contribution in [1.82, 2.24) is 30.3 Å². The third-order valence-corrected chi connectivity index (χ3v) is 4.97. The van der Waals surface area contributed by atoms with Gasteiger partial charge in [0, 0.05) is 49.0 Å². The second kappa shape index (κ2) is 8.57. The summed E-state index contributed by atoms with van der Waals surface area (Å²) in [7, 11) is 1.86. The number of aryl methyl sites for hydroxylation is 1. The highest BCUT2D eigenvalue weighted by Crippen LogP contribution is 2.32. The Morgan fingerprint density at radius 1 is 1.13 bits per heavy atom. The molecule has 9 heteroatoms. The molecule has 1 fully saturated rings. The van der Waals surface area contributed by atoms with E-state index in [9.17, 15) is 5.11 Å². The third-order valence-electron chi connectivity index (χ3n) is 4.97. The number of aromatic nitrogens is 5. The van der Waals surface area contributed by atoms with Gasteiger partial charge in [-0.1, -0.05) is 6.07 Å². The third kappa shape index (κ3) is 4.88. The van der Waals surface area contributed by atoms with Gasteiger partial charge in [-0.05, 0) is 44.9 Å². The average molecular weight is 430 g/mol. The molecule has 160 valence electrons. The zero-order valence-electron chi connectivity index (χ0n) is 17.7. The number of nitrogens with zero attached hydrogens (tertiary/aromatic N) is 6. The first-order valence-corrected chi connectivity index (χ1v) is 9.83. The number of anilines is 1. The molecule has 0 spiro atoms. The summed E-state index contributed by atoms with van der Waals surface area (Å²) in [6, 6.07) is 5.90. The number of phenols is 1. The van der Waals surface area contributed by atoms with Crippen molar-refractivity contribution in [3.05, 3.63) is 36.8 Å². The van der Waals surface area contributed by atoms with Crippen LogP contribution < -0.4 is 10.2 Å². The van der Waals surface area contributed by atoms with Crippen molar-refractivity contribution >= 4 is 18.4 Å². The van der Waals surface area contributed by atoms with Crippen LogP contribution in [0.2, 0.25) is 0 Å². The van der Waals surface area contributed by atoms with Crippen molar-refractivity contribution in [3.8, 4) is 28.1 Å². The zero-order chi connectivity index (χ0) is 20.6. The second-order valence-electron chi connectivity index (χ2n) is 8.60. The molecule has 2 aromatic heterocycles. The average Bonchev–Trinajstić information content (AvgIpc) is 3.30. The van der Waals surface area contributed by atoms with Crippen molar-refractivity contribution in [1.29, 1.82) is 0 Å². The Morgan fingerprint density at radius 3 is 2.53 bits per heavy atom. The van der Waals surface area contributed by atoms with Crippen LogP contribution in [0.3, 0.4) is 0 Å². The molecule has 2 N–H and O–H groups in total. The van der Waals surface area contributed by atoms with Gasteiger partial charge < -0.3 is 15.3 Å². The molecule has 1 saturated heterocycles. The van der Waals surface area contributed by atoms with E-state index < -0.39 is 0 Å². The maximum atomic E-state index is 10.5. The minimum atomic E-state index is 0. The van der Waals surface area contributed by atoms with Gasteiger partial charge in [-0.25, -0.2) is 4.98 Å². The van der Waals surface area contributed by atoms with Gasteiger partial charge in [-0.2, -0.15) is 5.10 Å². The minimum absolute atomic E-state index is 0. The summed E-state index contributed by atoms with van der Waals surface area (Å²) in [5, 5.41) is 26.9. The molecule has 1 atom stereocenters. The number of aromatic hydroxyl groups is 1. The summed E-state index contributed by atoms with van der Waals surface area (Å²) in [6.07, 6.45) is 6.40. The van der Waals surface area contributed by atoms with Crippen molar-refractivity contribution < 1.29 is 5.11 Å². The fraction of sp³-hybridized carbons (Fsp3) is 0.429. The van der Waals surface area contributed by atoms with Gasteiger partial charge in [0.2, 0.25) is 5.95 Å². The number of phenolic OH excluding ortho intramolecular Hbond substituents is 1. The van der Waals surface area contributed by atoms with Crippen LogP contribution in [0.25, 0.3) is 22.4 Å². The van der Waals surface area contributed by atoms with E-state index in [1.165, 1.54) is 0 Å². The topological polar surface area (TPSA) is 92.0 Å². The summed E-state index contributed by atoms with van der Waals surface area (Å²) >= 11 is 0. The minimum Gasteiger partial charge on any atom is -0.507 e. The number of rotatable bonds is 4. The number of halogens is 1. The number of hydrogen-bond acceptors (Lipinski definition) is 7. The van der Waals surface area contributed by atoms with E-state index in [-0.39, 0.29) is 23.7 Å². The maximum Gasteiger partial charge on any atom is 0.245 e. The normalized spacial score (nSPS) is 16.5. The lowest BCUT2D eigenvalue weighted by atomic mass is 10.0. The van der Waals surface area contributed by atoms with Gasteiger partial charge in [0.1, 0.15) is 11.4 Å². The van der Waals surface area contributed by atoms with Gasteiger partial charge in [0.05, 0.1) is 12.4 Å². The predicted molar refractivity (Wildman–Crippen MR) is 120 cm³/mol. The van der Waals surface area contributed by atoms with E-state index in [1.54, 1.807) is 23.1 Å². The van der Waals surface area contributed by atoms with Crippen molar-refractivity contribution in [2.24, 2.45) is 7.05 Å². The summed E-state index contributed by atoms with van der Waals surface area (Å²) < 4.78 is 1.73. The van der Waals surface area contributed by atoms with Crippen LogP contribution in [0, 0.1) is 0 Å². The quantitative estimate of drug-likeness (QED) is 0.658. The Labute approximate surface area is 182 Å². The molecule has 3 heterocycles. The molecule has 0 saturated carbocycles. The van der Waals surface area contributed by atoms with Gasteiger partial charge >= 0.3 is 0 Å². The Bertz CT molecular complexity index is 997. The van der Waals surface area contributed by atoms with Gasteiger partial charge in [0.25, 0.3) is 0 Å². The maximum absolute atomic E-state index is 10.5. The molecule has 1 aromatic carbocycles. The molecule has 1 unspecified atom stereocenters. The lowest BCUT2D eigenvalue weighted by molar-refractivity contribution is 0.373. The van der Waals surface area contributed by atoms with Crippen LogP contribution in [0.4, 0.5) is 5.95 Å². The highest BCUT2D eigenvalue weighted by molar-refractivity contribution is 5.85. The molecule has 30 heavy (non-hydrogen) atoms. The first kappa shape index (κ1) is 22.0. The summed E-state index contributed by atoms with van der Waals surface area (Å²) in [6.45, 7) is 8.29. The first-order chi connectivity index (χ1) is 13.8. The number of benzene rings is 1. The molecule has 0 bridgehead atoms. The molecule has 0 radical (unpaired) electrons. The summed E-state index contributed by atoms with van der Waals surface area (Å²) in [4.78, 5) is 6.64. The SMILES string of the molecule is Cl.Cn1cc(-c2ccc(-c3cnc(N4CCC(NC(C)(C)C)C4)nn3)c(O)c2)cn1. The molecule has 0 amide bonds. The Kier molecular flexibility index (Phi) is 6.28. The molecule has 8 nitrogen and oxygen atoms in total. The molecule has 1 aliphatic rings. The van der Waals surface area contributed by atoms with E-state index in [2.05, 4.69) is 51.3 Å². The van der Waals surface area contributed by atoms with Crippen LogP contribution in [-0.2, 0) is 7.05 Å². The fourth-order valence-corrected chi connectivity index (χ4v) is 3.71. The monoisotopic (exact) mass is 429 g/mol. The van der Waals surface area contributed by atoms with Crippen LogP contribution in [0.1, 0.15) is 27.2 Å². The highest BCUT2D eigenvalue weighted by atomic mass is 35.5. The standard InChI is InChI=1S/C21H27N7O.ClH/c1-21(2,3)24-16-7-8-28(13-16)20-22-11-18(25-26-20)17-6-5-14(9-19(17)29)15-10-23-27(4)12-15;/h5-6,9-12,16,24,29H,7-8,13H2,1-4H3;1H. The summed E-state index contributed by atoms with van der Waals surface area (Å²) in [5.41, 5.74) is 3.08. The predicted octanol–water partition coefficient (Wildman–Crippen LogP) is 3.03. The van der Waals surface area contributed by atoms with Crippen molar-refractivity contribution in [2.45, 2.75) is 38.8 Å². The zero-order valence-corrected chi connectivity index (χ0v) is 18.5. The van der Waals surface area contributed by atoms with E-state index >= 15 is 0 Å². The Morgan fingerprint density at radius 2 is 1.93 bits per heavy atom. The second-order valence-corrected chi connectivity index (χ2v) is 8.60. The molecule has 3 aromatic rings. The van der Waals surface area contributed by atoms with Crippen LogP contribution >= 0.6 is 12.4 Å². The van der Waals surface area contributed by atoms with E-state index in [0.717, 1.165) is 30.6 Å². The Hall–Kier alpha value is -2.71. The lowest BCUT2D eigenvalue weighted by Gasteiger charge is -2.25. The van der Waals surface area contributed by atoms with Crippen LogP contribution in [-0.4, -0.2) is 54.7 Å². The van der Waals surface area contributed by atoms with E-state index in [4.69, 9.17) is 0 Å². The molecular weight excluding hydrogens is 402 g/mol. The molecule has 0 aliphatic carbocycles. The molecule has 4 rings (SSSR count). The largest absolute Gasteiger partial charge is 0.507 e. The van der Waals surface area contributed by atoms with E-state index in [1.807, 2.05) is 25.4 Å². The highest BCUT2D eigenvalue weighted by Gasteiger charge is 2.27. The van der Waals surface area contributed by atoms with Gasteiger partial charge in [0.15, 0.2) is 0 Å². The van der Waals surface area contributed by atoms with Crippen molar-refractivity contribution in [3.63, 3.8) is 0 Å². The molecular formula is C21H28ClN7O. The van der Waals surface area contributed by atoms with Crippen molar-refractivity contribution in [2.75, 3.05) is 18.0 Å². The summed E-state index contributed by atoms with van der Waals surface area (Å²) in [5.74, 6) is 0.768.